The summed E-state index contributed by atoms with van der Waals surface area (Å²) < 4.78 is 0. The monoisotopic (exact) mass is 233 g/mol. The molecule has 94 valence electrons. The van der Waals surface area contributed by atoms with Crippen molar-refractivity contribution in [3.05, 3.63) is 35.4 Å². The molecule has 0 aliphatic heterocycles. The first kappa shape index (κ1) is 13.9. The average Bonchev–Trinajstić information content (AvgIpc) is 2.30. The number of rotatable bonds is 6. The lowest BCUT2D eigenvalue weighted by Gasteiger charge is -2.22. The van der Waals surface area contributed by atoms with Gasteiger partial charge < -0.3 is 5.73 Å². The van der Waals surface area contributed by atoms with Gasteiger partial charge in [-0.2, -0.15) is 0 Å². The van der Waals surface area contributed by atoms with Gasteiger partial charge in [0, 0.05) is 6.42 Å². The van der Waals surface area contributed by atoms with Crippen LogP contribution in [-0.4, -0.2) is 11.3 Å². The number of carbonyl (C=O) groups is 1. The molecule has 0 saturated heterocycles. The molecule has 1 unspecified atom stereocenters. The summed E-state index contributed by atoms with van der Waals surface area (Å²) in [7, 11) is 0. The second-order valence-electron chi connectivity index (χ2n) is 4.94. The molecule has 0 heterocycles. The molecule has 1 aromatic carbocycles. The van der Waals surface area contributed by atoms with Crippen LogP contribution in [0.15, 0.2) is 24.3 Å². The van der Waals surface area contributed by atoms with E-state index in [-0.39, 0.29) is 5.78 Å². The first-order chi connectivity index (χ1) is 7.99. The number of aryl methyl sites for hydroxylation is 1. The summed E-state index contributed by atoms with van der Waals surface area (Å²) in [6.45, 7) is 6.01. The quantitative estimate of drug-likeness (QED) is 0.821. The van der Waals surface area contributed by atoms with Crippen LogP contribution in [0.25, 0.3) is 0 Å². The van der Waals surface area contributed by atoms with Gasteiger partial charge in [-0.15, -0.1) is 0 Å². The molecule has 0 bridgehead atoms. The Kier molecular flexibility index (Phi) is 4.88. The van der Waals surface area contributed by atoms with Crippen LogP contribution in [0.1, 0.15) is 44.7 Å². The van der Waals surface area contributed by atoms with Crippen LogP contribution in [0.3, 0.4) is 0 Å². The number of hydrogen-bond donors (Lipinski definition) is 1. The van der Waals surface area contributed by atoms with Crippen LogP contribution in [0.4, 0.5) is 0 Å². The minimum Gasteiger partial charge on any atom is -0.319 e. The maximum Gasteiger partial charge on any atom is 0.156 e. The highest BCUT2D eigenvalue weighted by Crippen LogP contribution is 2.14. The number of nitrogens with two attached hydrogens (primary N) is 1. The van der Waals surface area contributed by atoms with E-state index in [9.17, 15) is 4.79 Å². The van der Waals surface area contributed by atoms with Crippen molar-refractivity contribution in [2.45, 2.75) is 52.0 Å². The van der Waals surface area contributed by atoms with E-state index in [0.29, 0.717) is 6.42 Å². The van der Waals surface area contributed by atoms with Gasteiger partial charge in [0.25, 0.3) is 0 Å². The number of carbonyl (C=O) groups excluding carboxylic acids is 1. The van der Waals surface area contributed by atoms with Gasteiger partial charge in [0.2, 0.25) is 0 Å². The average molecular weight is 233 g/mol. The van der Waals surface area contributed by atoms with Crippen molar-refractivity contribution in [2.75, 3.05) is 0 Å². The van der Waals surface area contributed by atoms with Crippen LogP contribution < -0.4 is 5.73 Å². The lowest BCUT2D eigenvalue weighted by Crippen LogP contribution is -2.45. The van der Waals surface area contributed by atoms with E-state index < -0.39 is 5.54 Å². The van der Waals surface area contributed by atoms with Gasteiger partial charge in [-0.25, -0.2) is 0 Å². The van der Waals surface area contributed by atoms with Crippen LogP contribution in [0.5, 0.6) is 0 Å². The molecule has 1 rings (SSSR count). The third-order valence-electron chi connectivity index (χ3n) is 3.20. The number of Topliss-reactive ketones (excluding diaryl/α,β-unsaturated/α-hetero) is 1. The Morgan fingerprint density at radius 1 is 1.18 bits per heavy atom. The molecule has 0 aliphatic rings. The molecule has 1 atom stereocenters. The minimum absolute atomic E-state index is 0.128. The zero-order valence-electron chi connectivity index (χ0n) is 11.1. The van der Waals surface area contributed by atoms with E-state index in [1.54, 1.807) is 0 Å². The van der Waals surface area contributed by atoms with Crippen molar-refractivity contribution >= 4 is 5.78 Å². The van der Waals surface area contributed by atoms with Gasteiger partial charge in [-0.3, -0.25) is 4.79 Å². The topological polar surface area (TPSA) is 43.1 Å². The number of ketones is 1. The van der Waals surface area contributed by atoms with Crippen molar-refractivity contribution in [1.29, 1.82) is 0 Å². The van der Waals surface area contributed by atoms with Crippen molar-refractivity contribution in [3.8, 4) is 0 Å². The Morgan fingerprint density at radius 2 is 1.71 bits per heavy atom. The number of benzene rings is 1. The first-order valence-corrected chi connectivity index (χ1v) is 6.39. The van der Waals surface area contributed by atoms with Crippen LogP contribution in [0, 0.1) is 0 Å². The van der Waals surface area contributed by atoms with Crippen molar-refractivity contribution < 1.29 is 4.79 Å². The normalized spacial score (nSPS) is 14.4. The molecule has 17 heavy (non-hydrogen) atoms. The van der Waals surface area contributed by atoms with Crippen LogP contribution in [0.2, 0.25) is 0 Å². The standard InChI is InChI=1S/C15H23NO/c1-4-10-15(3,16)14(17)11-13-8-6-12(5-2)7-9-13/h6-9H,4-5,10-11,16H2,1-3H3. The van der Waals surface area contributed by atoms with Gasteiger partial charge in [0.1, 0.15) is 0 Å². The molecule has 0 aliphatic carbocycles. The molecule has 0 saturated carbocycles. The van der Waals surface area contributed by atoms with E-state index >= 15 is 0 Å². The molecule has 0 aromatic heterocycles. The van der Waals surface area contributed by atoms with Gasteiger partial charge in [-0.1, -0.05) is 44.5 Å². The lowest BCUT2D eigenvalue weighted by atomic mass is 9.88. The molecule has 1 aromatic rings. The Balaban J connectivity index is 2.67. The van der Waals surface area contributed by atoms with E-state index in [2.05, 4.69) is 26.0 Å². The molecular formula is C15H23NO. The van der Waals surface area contributed by atoms with Crippen LogP contribution in [-0.2, 0) is 17.6 Å². The SMILES string of the molecule is CCCC(C)(N)C(=O)Cc1ccc(CC)cc1. The van der Waals surface area contributed by atoms with E-state index in [1.165, 1.54) is 5.56 Å². The zero-order valence-corrected chi connectivity index (χ0v) is 11.1. The zero-order chi connectivity index (χ0) is 12.9. The Bertz CT molecular complexity index is 365. The fraction of sp³-hybridized carbons (Fsp3) is 0.533. The van der Waals surface area contributed by atoms with E-state index in [4.69, 9.17) is 5.73 Å². The van der Waals surface area contributed by atoms with Gasteiger partial charge in [0.15, 0.2) is 5.78 Å². The summed E-state index contributed by atoms with van der Waals surface area (Å²) in [6.07, 6.45) is 3.15. The predicted molar refractivity (Wildman–Crippen MR) is 72.0 cm³/mol. The second-order valence-corrected chi connectivity index (χ2v) is 4.94. The lowest BCUT2D eigenvalue weighted by molar-refractivity contribution is -0.123. The van der Waals surface area contributed by atoms with Crippen molar-refractivity contribution in [1.82, 2.24) is 0 Å². The molecule has 0 radical (unpaired) electrons. The Hall–Kier alpha value is -1.15. The second kappa shape index (κ2) is 5.97. The summed E-state index contributed by atoms with van der Waals surface area (Å²) in [5, 5.41) is 0. The minimum atomic E-state index is -0.682. The molecule has 2 heteroatoms. The molecule has 0 amide bonds. The molecule has 2 nitrogen and oxygen atoms in total. The Labute approximate surface area is 104 Å². The largest absolute Gasteiger partial charge is 0.319 e. The van der Waals surface area contributed by atoms with Crippen molar-refractivity contribution in [2.24, 2.45) is 5.73 Å². The van der Waals surface area contributed by atoms with Gasteiger partial charge in [-0.05, 0) is 30.9 Å². The van der Waals surface area contributed by atoms with E-state index in [0.717, 1.165) is 24.8 Å². The summed E-state index contributed by atoms with van der Waals surface area (Å²) >= 11 is 0. The Morgan fingerprint density at radius 3 is 2.18 bits per heavy atom. The fourth-order valence-corrected chi connectivity index (χ4v) is 1.94. The molecule has 0 spiro atoms. The molecule has 0 fully saturated rings. The van der Waals surface area contributed by atoms with Crippen LogP contribution >= 0.6 is 0 Å². The summed E-state index contributed by atoms with van der Waals surface area (Å²) in [4.78, 5) is 12.1. The highest BCUT2D eigenvalue weighted by Gasteiger charge is 2.26. The smallest absolute Gasteiger partial charge is 0.156 e. The van der Waals surface area contributed by atoms with Crippen molar-refractivity contribution in [3.63, 3.8) is 0 Å². The predicted octanol–water partition coefficient (Wildman–Crippen LogP) is 2.88. The maximum atomic E-state index is 12.1. The molecular weight excluding hydrogens is 210 g/mol. The van der Waals surface area contributed by atoms with Gasteiger partial charge in [0.05, 0.1) is 5.54 Å². The third-order valence-corrected chi connectivity index (χ3v) is 3.20. The fourth-order valence-electron chi connectivity index (χ4n) is 1.94. The van der Waals surface area contributed by atoms with Gasteiger partial charge >= 0.3 is 0 Å². The highest BCUT2D eigenvalue weighted by atomic mass is 16.1. The summed E-state index contributed by atoms with van der Waals surface area (Å²) in [5.74, 6) is 0.128. The van der Waals surface area contributed by atoms with E-state index in [1.807, 2.05) is 19.1 Å². The highest BCUT2D eigenvalue weighted by molar-refractivity contribution is 5.89. The third kappa shape index (κ3) is 3.97. The first-order valence-electron chi connectivity index (χ1n) is 6.39. The summed E-state index contributed by atoms with van der Waals surface area (Å²) in [5.41, 5.74) is 7.69. The summed E-state index contributed by atoms with van der Waals surface area (Å²) in [6, 6.07) is 8.21. The number of hydrogen-bond acceptors (Lipinski definition) is 2. The molecule has 2 N–H and O–H groups in total. The maximum absolute atomic E-state index is 12.1.